The second-order valence-electron chi connectivity index (χ2n) is 4.80. The second kappa shape index (κ2) is 6.53. The molecular formula is C16H23N3. The molecule has 2 aromatic rings. The number of hydrogen-bond donors (Lipinski definition) is 1. The van der Waals surface area contributed by atoms with Gasteiger partial charge in [-0.2, -0.15) is 0 Å². The number of nitrogens with zero attached hydrogens (tertiary/aromatic N) is 2. The van der Waals surface area contributed by atoms with E-state index in [9.17, 15) is 0 Å². The number of aryl methyl sites for hydroxylation is 1. The summed E-state index contributed by atoms with van der Waals surface area (Å²) in [7, 11) is 0. The zero-order chi connectivity index (χ0) is 13.7. The van der Waals surface area contributed by atoms with Gasteiger partial charge in [-0.15, -0.1) is 0 Å². The molecule has 1 heterocycles. The van der Waals surface area contributed by atoms with Crippen LogP contribution in [0, 0.1) is 0 Å². The van der Waals surface area contributed by atoms with Crippen LogP contribution >= 0.6 is 0 Å². The Morgan fingerprint density at radius 3 is 2.79 bits per heavy atom. The first-order valence-corrected chi connectivity index (χ1v) is 7.12. The van der Waals surface area contributed by atoms with E-state index in [-0.39, 0.29) is 0 Å². The molecule has 0 saturated heterocycles. The number of nitrogens with one attached hydrogen (secondary N) is 1. The van der Waals surface area contributed by atoms with Gasteiger partial charge in [-0.05, 0) is 31.5 Å². The van der Waals surface area contributed by atoms with Gasteiger partial charge in [0.15, 0.2) is 0 Å². The summed E-state index contributed by atoms with van der Waals surface area (Å²) in [4.78, 5) is 4.47. The number of para-hydroxylation sites is 1. The summed E-state index contributed by atoms with van der Waals surface area (Å²) in [5, 5.41) is 3.48. The third-order valence-electron chi connectivity index (χ3n) is 3.36. The Bertz CT molecular complexity index is 516. The molecule has 0 spiro atoms. The lowest BCUT2D eigenvalue weighted by Crippen LogP contribution is -2.19. The zero-order valence-electron chi connectivity index (χ0n) is 12.1. The third kappa shape index (κ3) is 3.04. The smallest absolute Gasteiger partial charge is 0.113 e. The van der Waals surface area contributed by atoms with Crippen molar-refractivity contribution in [2.75, 3.05) is 6.54 Å². The maximum absolute atomic E-state index is 4.47. The first-order valence-electron chi connectivity index (χ1n) is 7.12. The van der Waals surface area contributed by atoms with Crippen molar-refractivity contribution in [1.82, 2.24) is 14.9 Å². The van der Waals surface area contributed by atoms with Crippen LogP contribution in [0.15, 0.2) is 36.7 Å². The average Bonchev–Trinajstić information content (AvgIpc) is 2.87. The van der Waals surface area contributed by atoms with Crippen LogP contribution in [0.2, 0.25) is 0 Å². The number of rotatable bonds is 6. The van der Waals surface area contributed by atoms with Gasteiger partial charge in [-0.25, -0.2) is 4.98 Å². The number of imidazole rings is 1. The van der Waals surface area contributed by atoms with Crippen molar-refractivity contribution in [3.8, 4) is 5.69 Å². The lowest BCUT2D eigenvalue weighted by Gasteiger charge is -2.18. The highest BCUT2D eigenvalue weighted by Crippen LogP contribution is 2.22. The van der Waals surface area contributed by atoms with Crippen molar-refractivity contribution < 1.29 is 0 Å². The highest BCUT2D eigenvalue weighted by Gasteiger charge is 2.12. The van der Waals surface area contributed by atoms with Crippen LogP contribution in [-0.4, -0.2) is 16.1 Å². The molecule has 1 N–H and O–H groups in total. The van der Waals surface area contributed by atoms with E-state index >= 15 is 0 Å². The monoisotopic (exact) mass is 257 g/mol. The summed E-state index contributed by atoms with van der Waals surface area (Å²) in [5.41, 5.74) is 2.55. The molecule has 0 bridgehead atoms. The lowest BCUT2D eigenvalue weighted by molar-refractivity contribution is 0.594. The molecule has 0 aliphatic heterocycles. The van der Waals surface area contributed by atoms with Gasteiger partial charge in [-0.3, -0.25) is 0 Å². The molecule has 3 nitrogen and oxygen atoms in total. The number of benzene rings is 1. The Labute approximate surface area is 115 Å². The minimum absolute atomic E-state index is 0.345. The predicted octanol–water partition coefficient (Wildman–Crippen LogP) is 3.50. The van der Waals surface area contributed by atoms with Crippen LogP contribution < -0.4 is 5.32 Å². The van der Waals surface area contributed by atoms with Gasteiger partial charge in [-0.1, -0.05) is 32.0 Å². The summed E-state index contributed by atoms with van der Waals surface area (Å²) in [6.45, 7) is 7.50. The Morgan fingerprint density at radius 1 is 1.26 bits per heavy atom. The first-order chi connectivity index (χ1) is 9.27. The molecule has 0 radical (unpaired) electrons. The highest BCUT2D eigenvalue weighted by molar-refractivity contribution is 5.43. The minimum Gasteiger partial charge on any atom is -0.310 e. The molecule has 19 heavy (non-hydrogen) atoms. The average molecular weight is 257 g/mol. The van der Waals surface area contributed by atoms with Crippen LogP contribution in [-0.2, 0) is 6.42 Å². The Balaban J connectivity index is 2.41. The fourth-order valence-electron chi connectivity index (χ4n) is 2.45. The van der Waals surface area contributed by atoms with Gasteiger partial charge in [0.2, 0.25) is 0 Å². The van der Waals surface area contributed by atoms with E-state index in [0.29, 0.717) is 6.04 Å². The zero-order valence-corrected chi connectivity index (χ0v) is 12.1. The van der Waals surface area contributed by atoms with E-state index in [4.69, 9.17) is 0 Å². The normalized spacial score (nSPS) is 12.6. The molecule has 0 amide bonds. The molecule has 0 fully saturated rings. The van der Waals surface area contributed by atoms with Crippen LogP contribution in [0.1, 0.15) is 44.6 Å². The largest absolute Gasteiger partial charge is 0.310 e. The van der Waals surface area contributed by atoms with Crippen LogP contribution in [0.5, 0.6) is 0 Å². The summed E-state index contributed by atoms with van der Waals surface area (Å²) in [5.74, 6) is 1.14. The molecule has 0 aliphatic carbocycles. The van der Waals surface area contributed by atoms with Gasteiger partial charge in [0.25, 0.3) is 0 Å². The summed E-state index contributed by atoms with van der Waals surface area (Å²) < 4.78 is 2.21. The Hall–Kier alpha value is -1.61. The number of hydrogen-bond acceptors (Lipinski definition) is 2. The van der Waals surface area contributed by atoms with Crippen LogP contribution in [0.3, 0.4) is 0 Å². The maximum Gasteiger partial charge on any atom is 0.113 e. The predicted molar refractivity (Wildman–Crippen MR) is 79.7 cm³/mol. The first kappa shape index (κ1) is 13.8. The molecule has 1 aromatic carbocycles. The fourth-order valence-corrected chi connectivity index (χ4v) is 2.45. The summed E-state index contributed by atoms with van der Waals surface area (Å²) in [6, 6.07) is 8.90. The van der Waals surface area contributed by atoms with E-state index in [1.54, 1.807) is 0 Å². The molecule has 1 aromatic heterocycles. The molecule has 1 atom stereocenters. The minimum atomic E-state index is 0.345. The topological polar surface area (TPSA) is 29.9 Å². The quantitative estimate of drug-likeness (QED) is 0.858. The maximum atomic E-state index is 4.47. The van der Waals surface area contributed by atoms with Crippen molar-refractivity contribution in [1.29, 1.82) is 0 Å². The molecule has 102 valence electrons. The van der Waals surface area contributed by atoms with Gasteiger partial charge in [0, 0.05) is 24.9 Å². The van der Waals surface area contributed by atoms with E-state index in [1.165, 1.54) is 11.3 Å². The van der Waals surface area contributed by atoms with E-state index < -0.39 is 0 Å². The van der Waals surface area contributed by atoms with Crippen molar-refractivity contribution in [3.63, 3.8) is 0 Å². The standard InChI is InChI=1S/C16H23N3/c1-4-8-16-18-11-12-19(16)15-10-7-6-9-14(15)13(3)17-5-2/h6-7,9-13,17H,4-5,8H2,1-3H3. The van der Waals surface area contributed by atoms with Crippen molar-refractivity contribution in [2.45, 2.75) is 39.7 Å². The summed E-state index contributed by atoms with van der Waals surface area (Å²) >= 11 is 0. The molecule has 3 heteroatoms. The fraction of sp³-hybridized carbons (Fsp3) is 0.438. The van der Waals surface area contributed by atoms with Crippen LogP contribution in [0.4, 0.5) is 0 Å². The molecule has 0 saturated carbocycles. The molecule has 0 aliphatic rings. The lowest BCUT2D eigenvalue weighted by atomic mass is 10.1. The Morgan fingerprint density at radius 2 is 2.05 bits per heavy atom. The van der Waals surface area contributed by atoms with E-state index in [0.717, 1.165) is 25.2 Å². The SMILES string of the molecule is CCCc1nccn1-c1ccccc1C(C)NCC. The van der Waals surface area contributed by atoms with Gasteiger partial charge >= 0.3 is 0 Å². The Kier molecular flexibility index (Phi) is 4.74. The van der Waals surface area contributed by atoms with Crippen molar-refractivity contribution >= 4 is 0 Å². The molecule has 1 unspecified atom stereocenters. The van der Waals surface area contributed by atoms with E-state index in [2.05, 4.69) is 66.1 Å². The van der Waals surface area contributed by atoms with Crippen LogP contribution in [0.25, 0.3) is 5.69 Å². The summed E-state index contributed by atoms with van der Waals surface area (Å²) in [6.07, 6.45) is 6.07. The van der Waals surface area contributed by atoms with Gasteiger partial charge in [0.1, 0.15) is 5.82 Å². The highest BCUT2D eigenvalue weighted by atomic mass is 15.1. The molecule has 2 rings (SSSR count). The van der Waals surface area contributed by atoms with Crippen molar-refractivity contribution in [3.05, 3.63) is 48.0 Å². The second-order valence-corrected chi connectivity index (χ2v) is 4.80. The van der Waals surface area contributed by atoms with Gasteiger partial charge in [0.05, 0.1) is 5.69 Å². The molecular weight excluding hydrogens is 234 g/mol. The van der Waals surface area contributed by atoms with Gasteiger partial charge < -0.3 is 9.88 Å². The van der Waals surface area contributed by atoms with Crippen molar-refractivity contribution in [2.24, 2.45) is 0 Å². The third-order valence-corrected chi connectivity index (χ3v) is 3.36. The van der Waals surface area contributed by atoms with E-state index in [1.807, 2.05) is 6.20 Å². The number of aromatic nitrogens is 2.